The molecule has 0 fully saturated rings. The molecule has 5 nitrogen and oxygen atoms in total. The molecule has 0 aliphatic carbocycles. The molecule has 3 rings (SSSR count). The minimum atomic E-state index is 0.0614. The van der Waals surface area contributed by atoms with Crippen LogP contribution in [0.25, 0.3) is 22.2 Å². The zero-order chi connectivity index (χ0) is 15.0. The molecule has 104 valence electrons. The average Bonchev–Trinajstić information content (AvgIpc) is 2.90. The molecule has 21 heavy (non-hydrogen) atoms. The van der Waals surface area contributed by atoms with Crippen LogP contribution in [-0.2, 0) is 0 Å². The summed E-state index contributed by atoms with van der Waals surface area (Å²) in [6.45, 7) is 0. The van der Waals surface area contributed by atoms with E-state index in [0.717, 1.165) is 27.7 Å². The molecule has 3 aromatic rings. The lowest BCUT2D eigenvalue weighted by atomic mass is 10.1. The molecule has 0 aliphatic rings. The highest BCUT2D eigenvalue weighted by atomic mass is 14.7. The molecule has 0 saturated heterocycles. The molecule has 0 aliphatic heterocycles. The van der Waals surface area contributed by atoms with Crippen LogP contribution in [0.3, 0.4) is 0 Å². The molecule has 0 amide bonds. The van der Waals surface area contributed by atoms with Gasteiger partial charge in [0.1, 0.15) is 5.84 Å². The van der Waals surface area contributed by atoms with Gasteiger partial charge in [0.05, 0.1) is 5.56 Å². The molecule has 1 aromatic heterocycles. The number of amidine groups is 2. The number of nitrogens with two attached hydrogens (primary N) is 3. The Kier molecular flexibility index (Phi) is 2.95. The van der Waals surface area contributed by atoms with Crippen LogP contribution >= 0.6 is 0 Å². The lowest BCUT2D eigenvalue weighted by Crippen LogP contribution is -2.46. The number of hydrogen-bond donors (Lipinski definition) is 5. The molecule has 1 heterocycles. The van der Waals surface area contributed by atoms with Crippen molar-refractivity contribution < 1.29 is 5.41 Å². The Morgan fingerprint density at radius 1 is 0.952 bits per heavy atom. The van der Waals surface area contributed by atoms with E-state index in [4.69, 9.17) is 22.3 Å². The molecule has 0 atom stereocenters. The van der Waals surface area contributed by atoms with Crippen molar-refractivity contribution in [1.29, 1.82) is 5.41 Å². The number of aromatic amines is 1. The minimum absolute atomic E-state index is 0.0614. The SMILES string of the molecule is N=C(N)c1ccc2cc(-c3ccc(C(N)=[NH2+])cc3)[nH]c2c1. The summed E-state index contributed by atoms with van der Waals surface area (Å²) in [7, 11) is 0. The van der Waals surface area contributed by atoms with Crippen molar-refractivity contribution in [2.75, 3.05) is 0 Å². The van der Waals surface area contributed by atoms with E-state index in [1.54, 1.807) is 0 Å². The van der Waals surface area contributed by atoms with Crippen LogP contribution in [0.5, 0.6) is 0 Å². The van der Waals surface area contributed by atoms with Crippen molar-refractivity contribution in [2.24, 2.45) is 11.5 Å². The van der Waals surface area contributed by atoms with Gasteiger partial charge in [-0.15, -0.1) is 0 Å². The van der Waals surface area contributed by atoms with Crippen LogP contribution in [-0.4, -0.2) is 16.7 Å². The average molecular weight is 278 g/mol. The first-order chi connectivity index (χ1) is 10.0. The first kappa shape index (κ1) is 12.9. The van der Waals surface area contributed by atoms with Gasteiger partial charge in [0.2, 0.25) is 0 Å². The molecule has 0 radical (unpaired) electrons. The highest BCUT2D eigenvalue weighted by molar-refractivity contribution is 5.99. The first-order valence-electron chi connectivity index (χ1n) is 6.50. The summed E-state index contributed by atoms with van der Waals surface area (Å²) in [6, 6.07) is 15.4. The monoisotopic (exact) mass is 278 g/mol. The van der Waals surface area contributed by atoms with Crippen molar-refractivity contribution in [1.82, 2.24) is 4.98 Å². The molecular weight excluding hydrogens is 262 g/mol. The van der Waals surface area contributed by atoms with Crippen LogP contribution in [0.15, 0.2) is 48.5 Å². The Balaban J connectivity index is 2.04. The number of benzene rings is 2. The number of aromatic nitrogens is 1. The van der Waals surface area contributed by atoms with E-state index < -0.39 is 0 Å². The Morgan fingerprint density at radius 2 is 1.62 bits per heavy atom. The van der Waals surface area contributed by atoms with Gasteiger partial charge in [-0.3, -0.25) is 16.6 Å². The zero-order valence-electron chi connectivity index (χ0n) is 11.4. The van der Waals surface area contributed by atoms with E-state index in [1.807, 2.05) is 42.5 Å². The van der Waals surface area contributed by atoms with Gasteiger partial charge in [0.25, 0.3) is 5.84 Å². The fourth-order valence-corrected chi connectivity index (χ4v) is 2.29. The lowest BCUT2D eigenvalue weighted by Gasteiger charge is -1.99. The summed E-state index contributed by atoms with van der Waals surface area (Å²) >= 11 is 0. The van der Waals surface area contributed by atoms with Crippen LogP contribution in [0.2, 0.25) is 0 Å². The number of rotatable bonds is 3. The number of H-pyrrole nitrogens is 1. The maximum Gasteiger partial charge on any atom is 0.270 e. The smallest absolute Gasteiger partial charge is 0.270 e. The van der Waals surface area contributed by atoms with Gasteiger partial charge in [0, 0.05) is 22.2 Å². The molecule has 5 heteroatoms. The van der Waals surface area contributed by atoms with Gasteiger partial charge in [0.15, 0.2) is 0 Å². The van der Waals surface area contributed by atoms with Gasteiger partial charge in [-0.1, -0.05) is 24.3 Å². The van der Waals surface area contributed by atoms with Gasteiger partial charge >= 0.3 is 0 Å². The van der Waals surface area contributed by atoms with E-state index in [1.165, 1.54) is 0 Å². The Labute approximate surface area is 121 Å². The molecule has 0 spiro atoms. The predicted octanol–water partition coefficient (Wildman–Crippen LogP) is 0.583. The normalized spacial score (nSPS) is 10.7. The molecule has 8 N–H and O–H groups in total. The Bertz CT molecular complexity index is 843. The van der Waals surface area contributed by atoms with Crippen LogP contribution in [0, 0.1) is 5.41 Å². The van der Waals surface area contributed by atoms with Gasteiger partial charge < -0.3 is 10.7 Å². The number of hydrogen-bond acceptors (Lipinski definition) is 1. The standard InChI is InChI=1S/C16H15N5/c17-15(18)10-3-1-9(2-4-10)13-7-11-5-6-12(16(19)20)8-14(11)21-13/h1-8,21H,(H3,17,18)(H3,19,20)/p+1. The lowest BCUT2D eigenvalue weighted by molar-refractivity contribution is -0.114. The third-order valence-electron chi connectivity index (χ3n) is 3.46. The van der Waals surface area contributed by atoms with Crippen molar-refractivity contribution in [3.63, 3.8) is 0 Å². The summed E-state index contributed by atoms with van der Waals surface area (Å²) in [5, 5.41) is 14.1. The molecule has 0 bridgehead atoms. The van der Waals surface area contributed by atoms with Crippen LogP contribution in [0.1, 0.15) is 11.1 Å². The van der Waals surface area contributed by atoms with E-state index in [0.29, 0.717) is 11.4 Å². The maximum absolute atomic E-state index is 7.48. The molecule has 0 saturated carbocycles. The number of fused-ring (bicyclic) bond motifs is 1. The zero-order valence-corrected chi connectivity index (χ0v) is 11.4. The number of nitrogens with one attached hydrogen (secondary N) is 2. The second-order valence-electron chi connectivity index (χ2n) is 4.93. The van der Waals surface area contributed by atoms with E-state index in [2.05, 4.69) is 11.1 Å². The molecule has 0 unspecified atom stereocenters. The van der Waals surface area contributed by atoms with Crippen LogP contribution < -0.4 is 16.9 Å². The summed E-state index contributed by atoms with van der Waals surface area (Å²) < 4.78 is 0. The fourth-order valence-electron chi connectivity index (χ4n) is 2.29. The highest BCUT2D eigenvalue weighted by Crippen LogP contribution is 2.25. The predicted molar refractivity (Wildman–Crippen MR) is 85.0 cm³/mol. The first-order valence-corrected chi connectivity index (χ1v) is 6.50. The van der Waals surface area contributed by atoms with Crippen molar-refractivity contribution >= 4 is 22.6 Å². The van der Waals surface area contributed by atoms with E-state index in [-0.39, 0.29) is 5.84 Å². The van der Waals surface area contributed by atoms with Crippen molar-refractivity contribution in [2.45, 2.75) is 0 Å². The fraction of sp³-hybridized carbons (Fsp3) is 0. The van der Waals surface area contributed by atoms with Crippen molar-refractivity contribution in [3.8, 4) is 11.3 Å². The topological polar surface area (TPSA) is 117 Å². The second-order valence-corrected chi connectivity index (χ2v) is 4.93. The molecule has 2 aromatic carbocycles. The van der Waals surface area contributed by atoms with E-state index >= 15 is 0 Å². The number of nitrogen functional groups attached to an aromatic ring is 1. The summed E-state index contributed by atoms with van der Waals surface area (Å²) in [6.07, 6.45) is 0. The summed E-state index contributed by atoms with van der Waals surface area (Å²) in [5.74, 6) is 0.371. The molecular formula is C16H16N5+. The second kappa shape index (κ2) is 4.79. The van der Waals surface area contributed by atoms with Crippen molar-refractivity contribution in [3.05, 3.63) is 59.7 Å². The Hall–Kier alpha value is -3.08. The highest BCUT2D eigenvalue weighted by Gasteiger charge is 2.07. The summed E-state index contributed by atoms with van der Waals surface area (Å²) in [5.41, 5.74) is 15.6. The quantitative estimate of drug-likeness (QED) is 0.356. The van der Waals surface area contributed by atoms with Crippen LogP contribution in [0.4, 0.5) is 0 Å². The van der Waals surface area contributed by atoms with E-state index in [9.17, 15) is 0 Å². The van der Waals surface area contributed by atoms with Gasteiger partial charge in [-0.2, -0.15) is 0 Å². The maximum atomic E-state index is 7.48. The summed E-state index contributed by atoms with van der Waals surface area (Å²) in [4.78, 5) is 3.33. The minimum Gasteiger partial charge on any atom is -0.384 e. The Morgan fingerprint density at radius 3 is 2.24 bits per heavy atom. The van der Waals surface area contributed by atoms with Gasteiger partial charge in [-0.05, 0) is 29.8 Å². The largest absolute Gasteiger partial charge is 0.384 e. The van der Waals surface area contributed by atoms with Gasteiger partial charge in [-0.25, -0.2) is 0 Å². The third-order valence-corrected chi connectivity index (χ3v) is 3.46. The third kappa shape index (κ3) is 2.36.